The molecule has 0 atom stereocenters. The summed E-state index contributed by atoms with van der Waals surface area (Å²) in [7, 11) is 0. The molecule has 0 saturated heterocycles. The van der Waals surface area contributed by atoms with Crippen LogP contribution in [0.5, 0.6) is 0 Å². The van der Waals surface area contributed by atoms with Gasteiger partial charge in [0.2, 0.25) is 0 Å². The summed E-state index contributed by atoms with van der Waals surface area (Å²) in [6, 6.07) is 11.7. The van der Waals surface area contributed by atoms with E-state index in [0.29, 0.717) is 23.5 Å². The van der Waals surface area contributed by atoms with Crippen molar-refractivity contribution in [1.29, 1.82) is 0 Å². The number of halogens is 1. The van der Waals surface area contributed by atoms with Gasteiger partial charge in [-0.15, -0.1) is 0 Å². The standard InChI is InChI=1S/C17H18FN3O2/c1-2-10-19-16(22)14-8-3-4-9-15(14)21-17(23)20-13-7-5-6-12(18)11-13/h3-9,11H,2,10H2,1H3,(H,19,22)(H2,20,21,23). The number of amides is 3. The zero-order valence-electron chi connectivity index (χ0n) is 12.7. The lowest BCUT2D eigenvalue weighted by atomic mass is 10.1. The van der Waals surface area contributed by atoms with E-state index in [4.69, 9.17) is 0 Å². The Bertz CT molecular complexity index is 704. The third kappa shape index (κ3) is 4.81. The van der Waals surface area contributed by atoms with Gasteiger partial charge >= 0.3 is 6.03 Å². The van der Waals surface area contributed by atoms with Gasteiger partial charge < -0.3 is 16.0 Å². The van der Waals surface area contributed by atoms with Crippen molar-refractivity contribution < 1.29 is 14.0 Å². The number of rotatable bonds is 5. The number of anilines is 2. The molecule has 0 heterocycles. The van der Waals surface area contributed by atoms with Gasteiger partial charge in [-0.05, 0) is 36.8 Å². The minimum absolute atomic E-state index is 0.256. The Balaban J connectivity index is 2.07. The predicted molar refractivity (Wildman–Crippen MR) is 88.1 cm³/mol. The second kappa shape index (κ2) is 7.93. The van der Waals surface area contributed by atoms with Gasteiger partial charge in [0, 0.05) is 12.2 Å². The number of nitrogens with one attached hydrogen (secondary N) is 3. The first-order valence-electron chi connectivity index (χ1n) is 7.31. The zero-order valence-corrected chi connectivity index (χ0v) is 12.7. The lowest BCUT2D eigenvalue weighted by molar-refractivity contribution is 0.0954. The van der Waals surface area contributed by atoms with E-state index in [1.54, 1.807) is 30.3 Å². The van der Waals surface area contributed by atoms with E-state index < -0.39 is 11.8 Å². The Kier molecular flexibility index (Phi) is 5.68. The summed E-state index contributed by atoms with van der Waals surface area (Å²) in [6.45, 7) is 2.51. The molecule has 5 nitrogen and oxygen atoms in total. The van der Waals surface area contributed by atoms with Crippen LogP contribution in [0, 0.1) is 5.82 Å². The molecule has 2 rings (SSSR count). The SMILES string of the molecule is CCCNC(=O)c1ccccc1NC(=O)Nc1cccc(F)c1. The van der Waals surface area contributed by atoms with Gasteiger partial charge in [0.05, 0.1) is 11.3 Å². The van der Waals surface area contributed by atoms with Crippen molar-refractivity contribution in [2.24, 2.45) is 0 Å². The number of hydrogen-bond donors (Lipinski definition) is 3. The summed E-state index contributed by atoms with van der Waals surface area (Å²) in [4.78, 5) is 24.1. The summed E-state index contributed by atoms with van der Waals surface area (Å²) in [6.07, 6.45) is 0.821. The van der Waals surface area contributed by atoms with Crippen molar-refractivity contribution in [3.63, 3.8) is 0 Å². The van der Waals surface area contributed by atoms with Crippen molar-refractivity contribution in [2.75, 3.05) is 17.2 Å². The predicted octanol–water partition coefficient (Wildman–Crippen LogP) is 3.61. The van der Waals surface area contributed by atoms with Crippen LogP contribution in [0.3, 0.4) is 0 Å². The maximum atomic E-state index is 13.1. The summed E-state index contributed by atoms with van der Waals surface area (Å²) in [5.41, 5.74) is 1.08. The van der Waals surface area contributed by atoms with Crippen molar-refractivity contribution in [3.05, 3.63) is 59.9 Å². The Labute approximate surface area is 133 Å². The van der Waals surface area contributed by atoms with Crippen LogP contribution in [-0.4, -0.2) is 18.5 Å². The van der Waals surface area contributed by atoms with Crippen LogP contribution in [-0.2, 0) is 0 Å². The van der Waals surface area contributed by atoms with Gasteiger partial charge in [-0.2, -0.15) is 0 Å². The van der Waals surface area contributed by atoms with E-state index in [-0.39, 0.29) is 5.91 Å². The summed E-state index contributed by atoms with van der Waals surface area (Å²) < 4.78 is 13.1. The zero-order chi connectivity index (χ0) is 16.7. The van der Waals surface area contributed by atoms with E-state index >= 15 is 0 Å². The number of carbonyl (C=O) groups is 2. The van der Waals surface area contributed by atoms with Crippen molar-refractivity contribution in [2.45, 2.75) is 13.3 Å². The highest BCUT2D eigenvalue weighted by molar-refractivity contribution is 6.06. The van der Waals surface area contributed by atoms with Crippen LogP contribution in [0.15, 0.2) is 48.5 Å². The molecule has 0 fully saturated rings. The lowest BCUT2D eigenvalue weighted by Crippen LogP contribution is -2.27. The molecule has 120 valence electrons. The lowest BCUT2D eigenvalue weighted by Gasteiger charge is -2.12. The monoisotopic (exact) mass is 315 g/mol. The molecule has 0 radical (unpaired) electrons. The molecule has 0 saturated carbocycles. The van der Waals surface area contributed by atoms with Gasteiger partial charge in [-0.1, -0.05) is 25.1 Å². The van der Waals surface area contributed by atoms with Crippen molar-refractivity contribution >= 4 is 23.3 Å². The fourth-order valence-electron chi connectivity index (χ4n) is 1.97. The van der Waals surface area contributed by atoms with Crippen LogP contribution >= 0.6 is 0 Å². The molecule has 6 heteroatoms. The second-order valence-electron chi connectivity index (χ2n) is 4.89. The molecule has 0 aliphatic rings. The first-order chi connectivity index (χ1) is 11.1. The van der Waals surface area contributed by atoms with Crippen LogP contribution in [0.1, 0.15) is 23.7 Å². The van der Waals surface area contributed by atoms with Crippen molar-refractivity contribution in [3.8, 4) is 0 Å². The molecule has 3 amide bonds. The first-order valence-corrected chi connectivity index (χ1v) is 7.31. The molecule has 3 N–H and O–H groups in total. The third-order valence-electron chi connectivity index (χ3n) is 3.04. The van der Waals surface area contributed by atoms with Crippen LogP contribution < -0.4 is 16.0 Å². The molecular formula is C17H18FN3O2. The van der Waals surface area contributed by atoms with E-state index in [1.807, 2.05) is 6.92 Å². The molecule has 23 heavy (non-hydrogen) atoms. The van der Waals surface area contributed by atoms with Gasteiger partial charge in [0.25, 0.3) is 5.91 Å². The smallest absolute Gasteiger partial charge is 0.323 e. The van der Waals surface area contributed by atoms with Gasteiger partial charge in [-0.25, -0.2) is 9.18 Å². The fraction of sp³-hybridized carbons (Fsp3) is 0.176. The molecule has 0 spiro atoms. The average molecular weight is 315 g/mol. The highest BCUT2D eigenvalue weighted by atomic mass is 19.1. The highest BCUT2D eigenvalue weighted by Crippen LogP contribution is 2.16. The van der Waals surface area contributed by atoms with Gasteiger partial charge in [-0.3, -0.25) is 4.79 Å². The molecular weight excluding hydrogens is 297 g/mol. The molecule has 0 aliphatic carbocycles. The largest absolute Gasteiger partial charge is 0.352 e. The maximum Gasteiger partial charge on any atom is 0.323 e. The van der Waals surface area contributed by atoms with Crippen LogP contribution in [0.2, 0.25) is 0 Å². The topological polar surface area (TPSA) is 70.2 Å². The number of urea groups is 1. The van der Waals surface area contributed by atoms with E-state index in [9.17, 15) is 14.0 Å². The third-order valence-corrected chi connectivity index (χ3v) is 3.04. The Morgan fingerprint density at radius 1 is 1.04 bits per heavy atom. The highest BCUT2D eigenvalue weighted by Gasteiger charge is 2.12. The molecule has 0 aliphatic heterocycles. The van der Waals surface area contributed by atoms with E-state index in [0.717, 1.165) is 6.42 Å². The Morgan fingerprint density at radius 2 is 1.83 bits per heavy atom. The maximum absolute atomic E-state index is 13.1. The van der Waals surface area contributed by atoms with Crippen molar-refractivity contribution in [1.82, 2.24) is 5.32 Å². The minimum atomic E-state index is -0.550. The number of carbonyl (C=O) groups excluding carboxylic acids is 2. The number of hydrogen-bond acceptors (Lipinski definition) is 2. The molecule has 2 aromatic carbocycles. The van der Waals surface area contributed by atoms with Crippen LogP contribution in [0.4, 0.5) is 20.6 Å². The number of para-hydroxylation sites is 1. The molecule has 2 aromatic rings. The summed E-state index contributed by atoms with van der Waals surface area (Å²) >= 11 is 0. The average Bonchev–Trinajstić information content (AvgIpc) is 2.53. The second-order valence-corrected chi connectivity index (χ2v) is 4.89. The van der Waals surface area contributed by atoms with Gasteiger partial charge in [0.1, 0.15) is 5.82 Å². The van der Waals surface area contributed by atoms with Crippen LogP contribution in [0.25, 0.3) is 0 Å². The summed E-state index contributed by atoms with van der Waals surface area (Å²) in [5, 5.41) is 7.88. The molecule has 0 bridgehead atoms. The van der Waals surface area contributed by atoms with E-state index in [2.05, 4.69) is 16.0 Å². The minimum Gasteiger partial charge on any atom is -0.352 e. The van der Waals surface area contributed by atoms with Gasteiger partial charge in [0.15, 0.2) is 0 Å². The fourth-order valence-corrected chi connectivity index (χ4v) is 1.97. The Hall–Kier alpha value is -2.89. The van der Waals surface area contributed by atoms with E-state index in [1.165, 1.54) is 18.2 Å². The first kappa shape index (κ1) is 16.5. The Morgan fingerprint density at radius 3 is 2.57 bits per heavy atom. The summed E-state index contributed by atoms with van der Waals surface area (Å²) in [5.74, 6) is -0.698. The molecule has 0 aromatic heterocycles. The quantitative estimate of drug-likeness (QED) is 0.789. The normalized spacial score (nSPS) is 10.0. The molecule has 0 unspecified atom stereocenters. The number of benzene rings is 2.